The Balaban J connectivity index is 2.78. The number of para-hydroxylation sites is 1. The van der Waals surface area contributed by atoms with E-state index in [0.29, 0.717) is 16.7 Å². The summed E-state index contributed by atoms with van der Waals surface area (Å²) < 4.78 is 9.13. The summed E-state index contributed by atoms with van der Waals surface area (Å²) in [5.74, 6) is 0. The molecule has 1 aromatic heterocycles. The lowest BCUT2D eigenvalue weighted by Gasteiger charge is -1.97. The molecule has 0 bridgehead atoms. The molecule has 0 aliphatic carbocycles. The molecule has 2 rings (SSSR count). The molecule has 10 heavy (non-hydrogen) atoms. The van der Waals surface area contributed by atoms with Gasteiger partial charge in [0.25, 0.3) is 0 Å². The van der Waals surface area contributed by atoms with Gasteiger partial charge >= 0.3 is 0 Å². The van der Waals surface area contributed by atoms with Crippen LogP contribution in [0.4, 0.5) is 0 Å². The molecule has 0 aliphatic rings. The van der Waals surface area contributed by atoms with Crippen molar-refractivity contribution in [3.8, 4) is 0 Å². The maximum atomic E-state index is 10.3. The van der Waals surface area contributed by atoms with Gasteiger partial charge < -0.3 is 0 Å². The molecule has 0 amide bonds. The summed E-state index contributed by atoms with van der Waals surface area (Å²) in [5.41, 5.74) is 1.70. The van der Waals surface area contributed by atoms with Crippen LogP contribution in [0.15, 0.2) is 27.4 Å². The van der Waals surface area contributed by atoms with Gasteiger partial charge in [-0.1, -0.05) is 6.07 Å². The molecular formula is C7H4O3. The number of rotatable bonds is 1. The third-order valence-corrected chi connectivity index (χ3v) is 1.35. The van der Waals surface area contributed by atoms with Gasteiger partial charge in [-0.05, 0) is 12.1 Å². The third-order valence-electron chi connectivity index (χ3n) is 1.35. The van der Waals surface area contributed by atoms with Crippen molar-refractivity contribution < 1.29 is 13.9 Å². The van der Waals surface area contributed by atoms with Crippen molar-refractivity contribution in [1.29, 1.82) is 0 Å². The normalized spacial score (nSPS) is 10.4. The molecule has 50 valence electrons. The second-order valence-corrected chi connectivity index (χ2v) is 1.96. The summed E-state index contributed by atoms with van der Waals surface area (Å²) in [6.07, 6.45) is 0.737. The molecular weight excluding hydrogens is 132 g/mol. The average molecular weight is 136 g/mol. The maximum absolute atomic E-state index is 10.3. The molecule has 0 saturated heterocycles. The van der Waals surface area contributed by atoms with Crippen molar-refractivity contribution in [3.05, 3.63) is 23.8 Å². The number of aldehydes is 1. The molecule has 0 fully saturated rings. The van der Waals surface area contributed by atoms with Gasteiger partial charge in [-0.2, -0.15) is 0 Å². The molecule has 3 nitrogen and oxygen atoms in total. The first-order valence-corrected chi connectivity index (χ1v) is 2.84. The Kier molecular flexibility index (Phi) is 0.917. The van der Waals surface area contributed by atoms with Crippen LogP contribution in [0.3, 0.4) is 0 Å². The second kappa shape index (κ2) is 1.73. The lowest BCUT2D eigenvalue weighted by Crippen LogP contribution is -1.83. The molecule has 0 saturated carbocycles. The highest BCUT2D eigenvalue weighted by atomic mass is 17.0. The van der Waals surface area contributed by atoms with E-state index in [4.69, 9.17) is 0 Å². The third kappa shape index (κ3) is 0.515. The smallest absolute Gasteiger partial charge is 0.236 e. The van der Waals surface area contributed by atoms with E-state index in [1.165, 1.54) is 0 Å². The minimum Gasteiger partial charge on any atom is -0.298 e. The average Bonchev–Trinajstić information content (AvgIpc) is 1.91. The number of hydrogen-bond acceptors (Lipinski definition) is 3. The Hall–Kier alpha value is -1.51. The summed E-state index contributed by atoms with van der Waals surface area (Å²) in [6.45, 7) is 0. The standard InChI is InChI=1S/C7H4O3/c8-4-5-2-1-3-6-7(5)10-9-6/h1-4H. The van der Waals surface area contributed by atoms with E-state index < -0.39 is 0 Å². The fraction of sp³-hybridized carbons (Fsp3) is 0. The van der Waals surface area contributed by atoms with E-state index >= 15 is 0 Å². The summed E-state index contributed by atoms with van der Waals surface area (Å²) in [5, 5.41) is 0. The van der Waals surface area contributed by atoms with E-state index in [2.05, 4.69) is 9.15 Å². The van der Waals surface area contributed by atoms with Gasteiger partial charge in [0.2, 0.25) is 11.2 Å². The number of benzene rings is 1. The predicted octanol–water partition coefficient (Wildman–Crippen LogP) is 1.84. The molecule has 0 atom stereocenters. The highest BCUT2D eigenvalue weighted by Crippen LogP contribution is 2.20. The first-order valence-electron chi connectivity index (χ1n) is 2.84. The molecule has 1 aromatic carbocycles. The quantitative estimate of drug-likeness (QED) is 0.443. The fourth-order valence-electron chi connectivity index (χ4n) is 0.833. The topological polar surface area (TPSA) is 43.4 Å². The first kappa shape index (κ1) is 5.29. The van der Waals surface area contributed by atoms with Crippen molar-refractivity contribution >= 4 is 17.5 Å². The van der Waals surface area contributed by atoms with Crippen LogP contribution >= 0.6 is 0 Å². The van der Waals surface area contributed by atoms with Crippen molar-refractivity contribution in [2.75, 3.05) is 0 Å². The number of carbonyl (C=O) groups excluding carboxylic acids is 1. The lowest BCUT2D eigenvalue weighted by atomic mass is 10.2. The molecule has 0 aliphatic heterocycles. The Bertz CT molecular complexity index is 355. The summed E-state index contributed by atoms with van der Waals surface area (Å²) in [4.78, 5) is 10.3. The van der Waals surface area contributed by atoms with Gasteiger partial charge in [0.05, 0.1) is 5.56 Å². The minimum atomic E-state index is 0.531. The van der Waals surface area contributed by atoms with Gasteiger partial charge in [-0.25, -0.2) is 0 Å². The van der Waals surface area contributed by atoms with Crippen LogP contribution in [0, 0.1) is 0 Å². The Labute approximate surface area is 56.2 Å². The van der Waals surface area contributed by atoms with Crippen LogP contribution in [-0.2, 0) is 0 Å². The SMILES string of the molecule is O=Cc1cccc2ooc12. The second-order valence-electron chi connectivity index (χ2n) is 1.96. The van der Waals surface area contributed by atoms with Gasteiger partial charge in [-0.15, -0.1) is 0 Å². The summed E-state index contributed by atoms with van der Waals surface area (Å²) in [6, 6.07) is 5.16. The van der Waals surface area contributed by atoms with E-state index in [1.54, 1.807) is 18.2 Å². The Morgan fingerprint density at radius 1 is 1.30 bits per heavy atom. The van der Waals surface area contributed by atoms with Crippen molar-refractivity contribution in [2.45, 2.75) is 0 Å². The van der Waals surface area contributed by atoms with E-state index in [9.17, 15) is 4.79 Å². The van der Waals surface area contributed by atoms with Crippen molar-refractivity contribution in [2.24, 2.45) is 0 Å². The predicted molar refractivity (Wildman–Crippen MR) is 33.9 cm³/mol. The largest absolute Gasteiger partial charge is 0.298 e. The molecule has 2 aromatic rings. The van der Waals surface area contributed by atoms with E-state index in [1.807, 2.05) is 0 Å². The zero-order valence-electron chi connectivity index (χ0n) is 5.03. The molecule has 1 heterocycles. The van der Waals surface area contributed by atoms with Crippen LogP contribution in [-0.4, -0.2) is 6.29 Å². The number of hydrogen-bond donors (Lipinski definition) is 0. The number of fused-ring (bicyclic) bond motifs is 1. The van der Waals surface area contributed by atoms with Gasteiger partial charge in [0, 0.05) is 0 Å². The van der Waals surface area contributed by atoms with Crippen LogP contribution in [0.25, 0.3) is 11.2 Å². The van der Waals surface area contributed by atoms with Gasteiger partial charge in [0.15, 0.2) is 6.29 Å². The lowest BCUT2D eigenvalue weighted by molar-refractivity contribution is 0.0580. The number of carbonyl (C=O) groups is 1. The highest BCUT2D eigenvalue weighted by Gasteiger charge is 2.07. The monoisotopic (exact) mass is 136 g/mol. The maximum Gasteiger partial charge on any atom is 0.236 e. The van der Waals surface area contributed by atoms with E-state index in [0.717, 1.165) is 6.29 Å². The Morgan fingerprint density at radius 2 is 2.20 bits per heavy atom. The van der Waals surface area contributed by atoms with Crippen molar-refractivity contribution in [3.63, 3.8) is 0 Å². The van der Waals surface area contributed by atoms with Gasteiger partial charge in [0.1, 0.15) is 0 Å². The Morgan fingerprint density at radius 3 is 2.70 bits per heavy atom. The van der Waals surface area contributed by atoms with Crippen molar-refractivity contribution in [1.82, 2.24) is 0 Å². The molecule has 0 spiro atoms. The van der Waals surface area contributed by atoms with Crippen LogP contribution in [0.5, 0.6) is 0 Å². The zero-order valence-corrected chi connectivity index (χ0v) is 5.03. The molecule has 0 unspecified atom stereocenters. The molecule has 0 N–H and O–H groups in total. The minimum absolute atomic E-state index is 0.531. The molecule has 0 radical (unpaired) electrons. The van der Waals surface area contributed by atoms with Crippen LogP contribution < -0.4 is 0 Å². The fourth-order valence-corrected chi connectivity index (χ4v) is 0.833. The van der Waals surface area contributed by atoms with Crippen LogP contribution in [0.2, 0.25) is 0 Å². The highest BCUT2D eigenvalue weighted by molar-refractivity contribution is 5.92. The summed E-state index contributed by atoms with van der Waals surface area (Å²) in [7, 11) is 0. The first-order chi connectivity index (χ1) is 4.92. The van der Waals surface area contributed by atoms with Gasteiger partial charge in [-0.3, -0.25) is 13.9 Å². The van der Waals surface area contributed by atoms with Crippen LogP contribution in [0.1, 0.15) is 10.4 Å². The zero-order chi connectivity index (χ0) is 6.97. The van der Waals surface area contributed by atoms with E-state index in [-0.39, 0.29) is 0 Å². The summed E-state index contributed by atoms with van der Waals surface area (Å²) >= 11 is 0. The molecule has 3 heteroatoms.